The molecule has 21 heavy (non-hydrogen) atoms. The topological polar surface area (TPSA) is 71.2 Å². The number of nitrogen functional groups attached to an aromatic ring is 1. The van der Waals surface area contributed by atoms with Crippen LogP contribution < -0.4 is 11.1 Å². The van der Waals surface area contributed by atoms with Gasteiger partial charge in [0.15, 0.2) is 0 Å². The molecule has 0 aliphatic rings. The summed E-state index contributed by atoms with van der Waals surface area (Å²) in [5.74, 6) is 0.0280. The van der Waals surface area contributed by atoms with Crippen LogP contribution in [0, 0.1) is 0 Å². The Morgan fingerprint density at radius 2 is 2.14 bits per heavy atom. The minimum Gasteiger partial charge on any atom is -0.398 e. The molecule has 5 heteroatoms. The van der Waals surface area contributed by atoms with Crippen LogP contribution in [-0.2, 0) is 11.3 Å². The van der Waals surface area contributed by atoms with E-state index in [2.05, 4.69) is 10.3 Å². The highest BCUT2D eigenvalue weighted by molar-refractivity contribution is 5.92. The monoisotopic (exact) mass is 286 g/mol. The van der Waals surface area contributed by atoms with Gasteiger partial charge in [0.1, 0.15) is 0 Å². The van der Waals surface area contributed by atoms with E-state index in [1.165, 1.54) is 0 Å². The van der Waals surface area contributed by atoms with Crippen molar-refractivity contribution in [2.75, 3.05) is 19.3 Å². The SMILES string of the molecule is CC(C)NC(=O)CN(C)Cc1ccc(N)c2cccnc12. The zero-order valence-corrected chi connectivity index (χ0v) is 12.8. The number of anilines is 1. The molecule has 5 nitrogen and oxygen atoms in total. The predicted octanol–water partition coefficient (Wildman–Crippen LogP) is 1.77. The van der Waals surface area contributed by atoms with E-state index in [1.54, 1.807) is 6.20 Å². The van der Waals surface area contributed by atoms with E-state index in [0.717, 1.165) is 22.2 Å². The van der Waals surface area contributed by atoms with Gasteiger partial charge in [-0.3, -0.25) is 14.7 Å². The molecule has 3 N–H and O–H groups in total. The van der Waals surface area contributed by atoms with Gasteiger partial charge in [0.25, 0.3) is 0 Å². The normalized spacial score (nSPS) is 11.3. The molecule has 0 spiro atoms. The van der Waals surface area contributed by atoms with Gasteiger partial charge < -0.3 is 11.1 Å². The van der Waals surface area contributed by atoms with E-state index in [0.29, 0.717) is 13.1 Å². The molecule has 2 aromatic rings. The number of amides is 1. The fraction of sp³-hybridized carbons (Fsp3) is 0.375. The summed E-state index contributed by atoms with van der Waals surface area (Å²) in [6.07, 6.45) is 1.76. The van der Waals surface area contributed by atoms with E-state index in [-0.39, 0.29) is 11.9 Å². The fourth-order valence-electron chi connectivity index (χ4n) is 2.34. The summed E-state index contributed by atoms with van der Waals surface area (Å²) < 4.78 is 0. The lowest BCUT2D eigenvalue weighted by Gasteiger charge is -2.18. The average Bonchev–Trinajstić information content (AvgIpc) is 2.41. The van der Waals surface area contributed by atoms with E-state index in [9.17, 15) is 4.79 Å². The molecule has 0 radical (unpaired) electrons. The van der Waals surface area contributed by atoms with Crippen LogP contribution in [0.2, 0.25) is 0 Å². The Bertz CT molecular complexity index is 639. The summed E-state index contributed by atoms with van der Waals surface area (Å²) in [5, 5.41) is 3.84. The number of hydrogen-bond acceptors (Lipinski definition) is 4. The van der Waals surface area contributed by atoms with Gasteiger partial charge in [-0.25, -0.2) is 0 Å². The summed E-state index contributed by atoms with van der Waals surface area (Å²) >= 11 is 0. The van der Waals surface area contributed by atoms with E-state index < -0.39 is 0 Å². The molecule has 0 bridgehead atoms. The maximum atomic E-state index is 11.8. The number of carbonyl (C=O) groups excluding carboxylic acids is 1. The Morgan fingerprint density at radius 3 is 2.86 bits per heavy atom. The van der Waals surface area contributed by atoms with Crippen LogP contribution in [0.3, 0.4) is 0 Å². The smallest absolute Gasteiger partial charge is 0.234 e. The number of nitrogens with zero attached hydrogens (tertiary/aromatic N) is 2. The van der Waals surface area contributed by atoms with Crippen molar-refractivity contribution in [1.29, 1.82) is 0 Å². The Morgan fingerprint density at radius 1 is 1.38 bits per heavy atom. The zero-order valence-electron chi connectivity index (χ0n) is 12.8. The minimum absolute atomic E-state index is 0.0280. The van der Waals surface area contributed by atoms with Gasteiger partial charge in [-0.05, 0) is 44.7 Å². The number of hydrogen-bond donors (Lipinski definition) is 2. The summed E-state index contributed by atoms with van der Waals surface area (Å²) in [6, 6.07) is 7.86. The number of rotatable bonds is 5. The first-order valence-electron chi connectivity index (χ1n) is 7.07. The van der Waals surface area contributed by atoms with Crippen molar-refractivity contribution in [3.05, 3.63) is 36.0 Å². The number of pyridine rings is 1. The second-order valence-corrected chi connectivity index (χ2v) is 5.61. The maximum Gasteiger partial charge on any atom is 0.234 e. The third-order valence-electron chi connectivity index (χ3n) is 3.19. The molecular formula is C16H22N4O. The van der Waals surface area contributed by atoms with Crippen molar-refractivity contribution >= 4 is 22.5 Å². The standard InChI is InChI=1S/C16H22N4O/c1-11(2)19-15(21)10-20(3)9-12-6-7-14(17)13-5-4-8-18-16(12)13/h4-8,11H,9-10,17H2,1-3H3,(H,19,21). The largest absolute Gasteiger partial charge is 0.398 e. The quantitative estimate of drug-likeness (QED) is 0.822. The third kappa shape index (κ3) is 3.92. The van der Waals surface area contributed by atoms with Gasteiger partial charge in [-0.1, -0.05) is 6.07 Å². The molecular weight excluding hydrogens is 264 g/mol. The molecule has 1 aromatic heterocycles. The van der Waals surface area contributed by atoms with Crippen LogP contribution >= 0.6 is 0 Å². The minimum atomic E-state index is 0.0280. The maximum absolute atomic E-state index is 11.8. The molecule has 0 aliphatic heterocycles. The van der Waals surface area contributed by atoms with Crippen LogP contribution in [0.25, 0.3) is 10.9 Å². The lowest BCUT2D eigenvalue weighted by atomic mass is 10.1. The van der Waals surface area contributed by atoms with Gasteiger partial charge in [0.05, 0.1) is 12.1 Å². The molecule has 1 aromatic carbocycles. The van der Waals surface area contributed by atoms with Crippen molar-refractivity contribution in [2.24, 2.45) is 0 Å². The molecule has 1 amide bonds. The van der Waals surface area contributed by atoms with E-state index in [1.807, 2.05) is 50.1 Å². The van der Waals surface area contributed by atoms with Crippen LogP contribution in [0.5, 0.6) is 0 Å². The predicted molar refractivity (Wildman–Crippen MR) is 85.8 cm³/mol. The highest BCUT2D eigenvalue weighted by atomic mass is 16.2. The van der Waals surface area contributed by atoms with Crippen LogP contribution in [0.4, 0.5) is 5.69 Å². The van der Waals surface area contributed by atoms with Gasteiger partial charge in [0, 0.05) is 29.9 Å². The molecule has 0 fully saturated rings. The number of benzene rings is 1. The number of aromatic nitrogens is 1. The lowest BCUT2D eigenvalue weighted by Crippen LogP contribution is -2.38. The zero-order chi connectivity index (χ0) is 15.4. The number of nitrogens with two attached hydrogens (primary N) is 1. The first-order chi connectivity index (χ1) is 9.97. The first kappa shape index (κ1) is 15.3. The molecule has 0 aliphatic carbocycles. The number of carbonyl (C=O) groups is 1. The molecule has 0 saturated heterocycles. The Labute approximate surface area is 125 Å². The van der Waals surface area contributed by atoms with Crippen molar-refractivity contribution in [1.82, 2.24) is 15.2 Å². The summed E-state index contributed by atoms with van der Waals surface area (Å²) in [5.41, 5.74) is 8.66. The average molecular weight is 286 g/mol. The highest BCUT2D eigenvalue weighted by Gasteiger charge is 2.11. The van der Waals surface area contributed by atoms with Crippen molar-refractivity contribution in [3.8, 4) is 0 Å². The van der Waals surface area contributed by atoms with Crippen molar-refractivity contribution in [2.45, 2.75) is 26.4 Å². The van der Waals surface area contributed by atoms with Crippen molar-refractivity contribution in [3.63, 3.8) is 0 Å². The summed E-state index contributed by atoms with van der Waals surface area (Å²) in [4.78, 5) is 18.2. The second-order valence-electron chi connectivity index (χ2n) is 5.61. The number of likely N-dealkylation sites (N-methyl/N-ethyl adjacent to an activating group) is 1. The Balaban J connectivity index is 2.13. The Kier molecular flexibility index (Phi) is 4.75. The molecule has 1 heterocycles. The summed E-state index contributed by atoms with van der Waals surface area (Å²) in [6.45, 7) is 4.92. The number of nitrogens with one attached hydrogen (secondary N) is 1. The highest BCUT2D eigenvalue weighted by Crippen LogP contribution is 2.23. The van der Waals surface area contributed by atoms with Gasteiger partial charge in [0.2, 0.25) is 5.91 Å². The van der Waals surface area contributed by atoms with E-state index >= 15 is 0 Å². The van der Waals surface area contributed by atoms with Crippen molar-refractivity contribution < 1.29 is 4.79 Å². The van der Waals surface area contributed by atoms with Gasteiger partial charge in [-0.2, -0.15) is 0 Å². The molecule has 112 valence electrons. The molecule has 0 atom stereocenters. The molecule has 0 unspecified atom stereocenters. The van der Waals surface area contributed by atoms with E-state index in [4.69, 9.17) is 5.73 Å². The van der Waals surface area contributed by atoms with Crippen LogP contribution in [0.15, 0.2) is 30.5 Å². The van der Waals surface area contributed by atoms with Gasteiger partial charge >= 0.3 is 0 Å². The fourth-order valence-corrected chi connectivity index (χ4v) is 2.34. The third-order valence-corrected chi connectivity index (χ3v) is 3.19. The lowest BCUT2D eigenvalue weighted by molar-refractivity contribution is -0.122. The Hall–Kier alpha value is -2.14. The first-order valence-corrected chi connectivity index (χ1v) is 7.07. The molecule has 2 rings (SSSR count). The van der Waals surface area contributed by atoms with Crippen LogP contribution in [0.1, 0.15) is 19.4 Å². The number of fused-ring (bicyclic) bond motifs is 1. The summed E-state index contributed by atoms with van der Waals surface area (Å²) in [7, 11) is 1.92. The van der Waals surface area contributed by atoms with Crippen LogP contribution in [-0.4, -0.2) is 35.4 Å². The molecule has 0 saturated carbocycles. The van der Waals surface area contributed by atoms with Gasteiger partial charge in [-0.15, -0.1) is 0 Å². The second kappa shape index (κ2) is 6.54.